The van der Waals surface area contributed by atoms with Crippen LogP contribution in [-0.4, -0.2) is 49.8 Å². The fourth-order valence-corrected chi connectivity index (χ4v) is 4.84. The van der Waals surface area contributed by atoms with Crippen molar-refractivity contribution in [2.75, 3.05) is 36.9 Å². The number of aromatic nitrogens is 1. The minimum absolute atomic E-state index is 0.155. The van der Waals surface area contributed by atoms with Crippen LogP contribution in [0.2, 0.25) is 0 Å². The van der Waals surface area contributed by atoms with Crippen molar-refractivity contribution in [3.05, 3.63) is 56.0 Å². The Kier molecular flexibility index (Phi) is 7.92. The molecule has 8 nitrogen and oxygen atoms in total. The summed E-state index contributed by atoms with van der Waals surface area (Å²) >= 11 is 0. The Labute approximate surface area is 195 Å². The van der Waals surface area contributed by atoms with Crippen molar-refractivity contribution in [3.63, 3.8) is 0 Å². The zero-order valence-corrected chi connectivity index (χ0v) is 20.3. The fourth-order valence-electron chi connectivity index (χ4n) is 4.84. The maximum Gasteiger partial charge on any atom is 0.253 e. The van der Waals surface area contributed by atoms with Gasteiger partial charge in [0.25, 0.3) is 11.5 Å². The highest BCUT2D eigenvalue weighted by atomic mass is 16.1. The number of aryl methyl sites for hydroxylation is 2. The predicted molar refractivity (Wildman–Crippen MR) is 135 cm³/mol. The van der Waals surface area contributed by atoms with Crippen LogP contribution in [-0.2, 0) is 6.54 Å². The first kappa shape index (κ1) is 24.5. The Morgan fingerprint density at radius 2 is 1.94 bits per heavy atom. The molecular weight excluding hydrogens is 416 g/mol. The van der Waals surface area contributed by atoms with Crippen molar-refractivity contribution in [1.82, 2.24) is 15.6 Å². The number of benzene rings is 1. The van der Waals surface area contributed by atoms with E-state index in [4.69, 9.17) is 5.41 Å². The molecule has 1 saturated heterocycles. The van der Waals surface area contributed by atoms with Crippen LogP contribution in [0.25, 0.3) is 0 Å². The van der Waals surface area contributed by atoms with Gasteiger partial charge in [-0.3, -0.25) is 9.59 Å². The molecule has 8 heteroatoms. The van der Waals surface area contributed by atoms with E-state index < -0.39 is 0 Å². The molecule has 0 unspecified atom stereocenters. The lowest BCUT2D eigenvalue weighted by Crippen LogP contribution is -2.43. The van der Waals surface area contributed by atoms with E-state index in [0.29, 0.717) is 17.2 Å². The number of nitrogens with one attached hydrogen (secondary N) is 5. The minimum atomic E-state index is -0.234. The second-order valence-corrected chi connectivity index (χ2v) is 8.64. The van der Waals surface area contributed by atoms with Crippen molar-refractivity contribution >= 4 is 23.5 Å². The van der Waals surface area contributed by atoms with Gasteiger partial charge in [0, 0.05) is 66.2 Å². The van der Waals surface area contributed by atoms with E-state index in [1.807, 2.05) is 40.0 Å². The first-order valence-electron chi connectivity index (χ1n) is 11.6. The minimum Gasteiger partial charge on any atom is -0.387 e. The lowest BCUT2D eigenvalue weighted by molar-refractivity contribution is 0.0950. The number of piperidine rings is 1. The Bertz CT molecular complexity index is 1090. The van der Waals surface area contributed by atoms with Gasteiger partial charge >= 0.3 is 0 Å². The zero-order chi connectivity index (χ0) is 24.1. The van der Waals surface area contributed by atoms with Crippen LogP contribution in [0, 0.1) is 26.2 Å². The summed E-state index contributed by atoms with van der Waals surface area (Å²) in [6.45, 7) is 10.6. The van der Waals surface area contributed by atoms with E-state index in [2.05, 4.69) is 32.8 Å². The Morgan fingerprint density at radius 3 is 2.52 bits per heavy atom. The normalized spacial score (nSPS) is 14.1. The summed E-state index contributed by atoms with van der Waals surface area (Å²) in [4.78, 5) is 30.8. The first-order chi connectivity index (χ1) is 15.8. The summed E-state index contributed by atoms with van der Waals surface area (Å²) in [5, 5.41) is 17.6. The molecule has 1 aliphatic rings. The van der Waals surface area contributed by atoms with E-state index in [-0.39, 0.29) is 18.0 Å². The zero-order valence-electron chi connectivity index (χ0n) is 20.3. The molecule has 0 bridgehead atoms. The molecule has 5 N–H and O–H groups in total. The van der Waals surface area contributed by atoms with E-state index in [9.17, 15) is 9.59 Å². The van der Waals surface area contributed by atoms with Crippen molar-refractivity contribution in [2.24, 2.45) is 0 Å². The monoisotopic (exact) mass is 452 g/mol. The lowest BCUT2D eigenvalue weighted by atomic mass is 9.96. The quantitative estimate of drug-likeness (QED) is 0.395. The average Bonchev–Trinajstić information content (AvgIpc) is 2.79. The van der Waals surface area contributed by atoms with Crippen molar-refractivity contribution in [2.45, 2.75) is 53.1 Å². The van der Waals surface area contributed by atoms with Crippen molar-refractivity contribution in [1.29, 1.82) is 5.41 Å². The Morgan fingerprint density at radius 1 is 1.24 bits per heavy atom. The van der Waals surface area contributed by atoms with Gasteiger partial charge in [-0.15, -0.1) is 0 Å². The molecule has 33 heavy (non-hydrogen) atoms. The topological polar surface area (TPSA) is 113 Å². The van der Waals surface area contributed by atoms with Crippen LogP contribution in [0.1, 0.15) is 58.1 Å². The Balaban J connectivity index is 1.99. The lowest BCUT2D eigenvalue weighted by Gasteiger charge is -2.37. The highest BCUT2D eigenvalue weighted by molar-refractivity contribution is 6.03. The molecule has 0 atom stereocenters. The second kappa shape index (κ2) is 10.7. The number of carbonyl (C=O) groups excluding carboxylic acids is 1. The molecule has 0 radical (unpaired) electrons. The number of amides is 1. The third-order valence-corrected chi connectivity index (χ3v) is 6.56. The van der Waals surface area contributed by atoms with E-state index in [0.717, 1.165) is 66.2 Å². The molecule has 1 aromatic heterocycles. The molecule has 3 rings (SSSR count). The number of anilines is 2. The molecule has 0 saturated carbocycles. The number of pyridine rings is 1. The Hall–Kier alpha value is -3.13. The van der Waals surface area contributed by atoms with Crippen LogP contribution in [0.15, 0.2) is 16.9 Å². The van der Waals surface area contributed by atoms with Crippen LogP contribution in [0.3, 0.4) is 0 Å². The van der Waals surface area contributed by atoms with Gasteiger partial charge in [0.05, 0.1) is 0 Å². The summed E-state index contributed by atoms with van der Waals surface area (Å²) in [7, 11) is 1.82. The van der Waals surface area contributed by atoms with Gasteiger partial charge in [-0.05, 0) is 76.9 Å². The molecule has 0 spiro atoms. The maximum atomic E-state index is 13.3. The summed E-state index contributed by atoms with van der Waals surface area (Å²) in [5.74, 6) is -0.234. The van der Waals surface area contributed by atoms with Crippen molar-refractivity contribution < 1.29 is 4.79 Å². The van der Waals surface area contributed by atoms with E-state index >= 15 is 0 Å². The third-order valence-electron chi connectivity index (χ3n) is 6.56. The second-order valence-electron chi connectivity index (χ2n) is 8.64. The molecule has 2 heterocycles. The van der Waals surface area contributed by atoms with Crippen LogP contribution in [0.4, 0.5) is 11.4 Å². The molecule has 1 aliphatic heterocycles. The van der Waals surface area contributed by atoms with Gasteiger partial charge in [0.2, 0.25) is 0 Å². The van der Waals surface area contributed by atoms with Crippen LogP contribution < -0.4 is 26.4 Å². The highest BCUT2D eigenvalue weighted by Crippen LogP contribution is 2.34. The largest absolute Gasteiger partial charge is 0.387 e. The number of hydrogen-bond donors (Lipinski definition) is 5. The summed E-state index contributed by atoms with van der Waals surface area (Å²) in [5.41, 5.74) is 5.83. The van der Waals surface area contributed by atoms with Gasteiger partial charge in [0.1, 0.15) is 0 Å². The smallest absolute Gasteiger partial charge is 0.253 e. The average molecular weight is 453 g/mol. The standard InChI is InChI=1S/C25H36N6O2/c1-6-31(18-7-9-28-10-8-18)22-12-19(17(4)23(27-5)20(22)13-26)24(32)29-14-21-15(2)11-16(3)30-25(21)33/h11-13,18,26-28H,6-10,14H2,1-5H3,(H,29,32)(H,30,33). The van der Waals surface area contributed by atoms with Crippen molar-refractivity contribution in [3.8, 4) is 0 Å². The first-order valence-corrected chi connectivity index (χ1v) is 11.6. The number of rotatable bonds is 8. The molecular formula is C25H36N6O2. The molecule has 178 valence electrons. The molecule has 2 aromatic rings. The van der Waals surface area contributed by atoms with E-state index in [1.54, 1.807) is 0 Å². The van der Waals surface area contributed by atoms with Gasteiger partial charge in [-0.1, -0.05) is 0 Å². The number of nitrogens with zero attached hydrogens (tertiary/aromatic N) is 1. The maximum absolute atomic E-state index is 13.3. The SMILES string of the molecule is CCN(c1cc(C(=O)NCc2c(C)cc(C)[nH]c2=O)c(C)c(NC)c1C=N)C1CCNCC1. The van der Waals surface area contributed by atoms with Gasteiger partial charge in [-0.25, -0.2) is 0 Å². The van der Waals surface area contributed by atoms with Crippen LogP contribution in [0.5, 0.6) is 0 Å². The summed E-state index contributed by atoms with van der Waals surface area (Å²) < 4.78 is 0. The van der Waals surface area contributed by atoms with E-state index in [1.165, 1.54) is 6.21 Å². The molecule has 1 aromatic carbocycles. The highest BCUT2D eigenvalue weighted by Gasteiger charge is 2.26. The third kappa shape index (κ3) is 5.11. The summed E-state index contributed by atoms with van der Waals surface area (Å²) in [6, 6.07) is 4.17. The number of carbonyl (C=O) groups is 1. The fraction of sp³-hybridized carbons (Fsp3) is 0.480. The number of hydrogen-bond acceptors (Lipinski definition) is 6. The number of H-pyrrole nitrogens is 1. The number of aromatic amines is 1. The molecule has 1 amide bonds. The molecule has 1 fully saturated rings. The van der Waals surface area contributed by atoms with Gasteiger partial charge < -0.3 is 31.2 Å². The molecule has 0 aliphatic carbocycles. The van der Waals surface area contributed by atoms with Gasteiger partial charge in [-0.2, -0.15) is 0 Å². The van der Waals surface area contributed by atoms with Crippen LogP contribution >= 0.6 is 0 Å². The van der Waals surface area contributed by atoms with Gasteiger partial charge in [0.15, 0.2) is 0 Å². The summed E-state index contributed by atoms with van der Waals surface area (Å²) in [6.07, 6.45) is 3.41. The predicted octanol–water partition coefficient (Wildman–Crippen LogP) is 2.85.